The summed E-state index contributed by atoms with van der Waals surface area (Å²) >= 11 is 0. The van der Waals surface area contributed by atoms with Gasteiger partial charge in [-0.05, 0) is 31.0 Å². The van der Waals surface area contributed by atoms with Gasteiger partial charge in [0.05, 0.1) is 13.2 Å². The zero-order chi connectivity index (χ0) is 18.6. The number of rotatable bonds is 6. The molecule has 3 N–H and O–H groups in total. The number of carbonyl (C=O) groups is 2. The Balaban J connectivity index is 1.48. The Kier molecular flexibility index (Phi) is 5.63. The van der Waals surface area contributed by atoms with Gasteiger partial charge in [-0.25, -0.2) is 9.59 Å². The zero-order valence-electron chi connectivity index (χ0n) is 15.2. The molecular weight excluding hydrogens is 336 g/mol. The van der Waals surface area contributed by atoms with Gasteiger partial charge in [0.25, 0.3) is 0 Å². The second-order valence-corrected chi connectivity index (χ2v) is 6.91. The minimum Gasteiger partial charge on any atom is -0.348 e. The van der Waals surface area contributed by atoms with Crippen molar-refractivity contribution >= 4 is 23.4 Å². The molecule has 0 spiro atoms. The van der Waals surface area contributed by atoms with Crippen molar-refractivity contribution in [3.8, 4) is 0 Å². The molecule has 8 heteroatoms. The highest BCUT2D eigenvalue weighted by Gasteiger charge is 2.32. The summed E-state index contributed by atoms with van der Waals surface area (Å²) in [7, 11) is 0. The lowest BCUT2D eigenvalue weighted by atomic mass is 10.0. The minimum absolute atomic E-state index is 0.120. The van der Waals surface area contributed by atoms with E-state index in [4.69, 9.17) is 9.47 Å². The first-order chi connectivity index (χ1) is 12.5. The lowest BCUT2D eigenvalue weighted by Gasteiger charge is -2.26. The molecule has 4 amide bonds. The molecule has 0 unspecified atom stereocenters. The van der Waals surface area contributed by atoms with Gasteiger partial charge >= 0.3 is 12.1 Å². The second-order valence-electron chi connectivity index (χ2n) is 6.91. The van der Waals surface area contributed by atoms with E-state index in [1.54, 1.807) is 17.0 Å². The maximum absolute atomic E-state index is 12.2. The van der Waals surface area contributed by atoms with Crippen molar-refractivity contribution in [2.45, 2.75) is 26.1 Å². The number of benzene rings is 1. The summed E-state index contributed by atoms with van der Waals surface area (Å²) in [4.78, 5) is 25.5. The van der Waals surface area contributed by atoms with Crippen LogP contribution in [0.4, 0.5) is 21.0 Å². The molecule has 2 aliphatic heterocycles. The first-order valence-electron chi connectivity index (χ1n) is 8.93. The van der Waals surface area contributed by atoms with Gasteiger partial charge in [0, 0.05) is 37.4 Å². The molecular formula is C18H26N4O4. The molecule has 1 atom stereocenters. The van der Waals surface area contributed by atoms with Crippen LogP contribution in [0, 0.1) is 5.92 Å². The van der Waals surface area contributed by atoms with E-state index < -0.39 is 5.79 Å². The van der Waals surface area contributed by atoms with E-state index in [2.05, 4.69) is 16.0 Å². The number of amides is 4. The van der Waals surface area contributed by atoms with Crippen molar-refractivity contribution in [1.29, 1.82) is 0 Å². The topological polar surface area (TPSA) is 91.9 Å². The van der Waals surface area contributed by atoms with Crippen molar-refractivity contribution in [3.63, 3.8) is 0 Å². The molecule has 0 saturated carbocycles. The largest absolute Gasteiger partial charge is 0.348 e. The molecule has 142 valence electrons. The molecule has 1 aromatic carbocycles. The quantitative estimate of drug-likeness (QED) is 0.723. The summed E-state index contributed by atoms with van der Waals surface area (Å²) in [5.41, 5.74) is 1.40. The maximum Gasteiger partial charge on any atom is 0.321 e. The lowest BCUT2D eigenvalue weighted by Crippen LogP contribution is -2.36. The van der Waals surface area contributed by atoms with E-state index in [1.807, 2.05) is 26.0 Å². The summed E-state index contributed by atoms with van der Waals surface area (Å²) < 4.78 is 11.2. The molecule has 2 fully saturated rings. The third-order valence-corrected chi connectivity index (χ3v) is 4.50. The number of nitrogens with zero attached hydrogens (tertiary/aromatic N) is 1. The average Bonchev–Trinajstić information content (AvgIpc) is 3.22. The van der Waals surface area contributed by atoms with Crippen LogP contribution in [0.1, 0.15) is 20.3 Å². The van der Waals surface area contributed by atoms with Gasteiger partial charge in [-0.15, -0.1) is 0 Å². The number of urea groups is 2. The van der Waals surface area contributed by atoms with Crippen molar-refractivity contribution in [2.24, 2.45) is 5.92 Å². The van der Waals surface area contributed by atoms with Gasteiger partial charge in [0.2, 0.25) is 0 Å². The summed E-state index contributed by atoms with van der Waals surface area (Å²) in [5.74, 6) is -0.342. The number of hydrogen-bond acceptors (Lipinski definition) is 4. The summed E-state index contributed by atoms with van der Waals surface area (Å²) in [6.07, 6.45) is 0.715. The molecule has 2 heterocycles. The van der Waals surface area contributed by atoms with Gasteiger partial charge in [-0.1, -0.05) is 13.0 Å². The third kappa shape index (κ3) is 4.64. The second kappa shape index (κ2) is 7.92. The highest BCUT2D eigenvalue weighted by atomic mass is 16.7. The van der Waals surface area contributed by atoms with E-state index in [1.165, 1.54) is 0 Å². The first kappa shape index (κ1) is 18.5. The zero-order valence-corrected chi connectivity index (χ0v) is 15.2. The summed E-state index contributed by atoms with van der Waals surface area (Å²) in [5, 5.41) is 8.43. The molecule has 0 bridgehead atoms. The van der Waals surface area contributed by atoms with Crippen LogP contribution in [0.25, 0.3) is 0 Å². The van der Waals surface area contributed by atoms with Crippen LogP contribution in [0.3, 0.4) is 0 Å². The van der Waals surface area contributed by atoms with Crippen molar-refractivity contribution in [1.82, 2.24) is 10.6 Å². The highest BCUT2D eigenvalue weighted by Crippen LogP contribution is 2.26. The Morgan fingerprint density at radius 2 is 2.15 bits per heavy atom. The molecule has 2 saturated heterocycles. The molecule has 2 aliphatic rings. The monoisotopic (exact) mass is 362 g/mol. The molecule has 3 rings (SSSR count). The van der Waals surface area contributed by atoms with Crippen molar-refractivity contribution in [2.75, 3.05) is 43.1 Å². The van der Waals surface area contributed by atoms with Gasteiger partial charge in [-0.3, -0.25) is 4.90 Å². The maximum atomic E-state index is 12.2. The fourth-order valence-electron chi connectivity index (χ4n) is 3.29. The summed E-state index contributed by atoms with van der Waals surface area (Å²) in [6.45, 7) is 6.96. The number of nitrogens with one attached hydrogen (secondary N) is 3. The van der Waals surface area contributed by atoms with E-state index >= 15 is 0 Å². The van der Waals surface area contributed by atoms with E-state index in [0.29, 0.717) is 45.0 Å². The standard InChI is InChI=1S/C18H26N4O4/c1-13(11-18(2)25-8-9-26-18)12-20-16(23)21-14-4-3-5-15(10-14)22-7-6-19-17(22)24/h3-5,10,13H,6-9,11-12H2,1-2H3,(H,19,24)(H2,20,21,23)/t13-/m1/s1. The Hall–Kier alpha value is -2.32. The Labute approximate surface area is 153 Å². The third-order valence-electron chi connectivity index (χ3n) is 4.50. The Morgan fingerprint density at radius 1 is 1.38 bits per heavy atom. The lowest BCUT2D eigenvalue weighted by molar-refractivity contribution is -0.153. The normalized spacial score (nSPS) is 19.9. The molecule has 0 aliphatic carbocycles. The SMILES string of the molecule is C[C@@H](CNC(=O)Nc1cccc(N2CCNC2=O)c1)CC1(C)OCCO1. The van der Waals surface area contributed by atoms with Gasteiger partial charge in [-0.2, -0.15) is 0 Å². The van der Waals surface area contributed by atoms with E-state index in [-0.39, 0.29) is 18.0 Å². The highest BCUT2D eigenvalue weighted by molar-refractivity contribution is 5.95. The van der Waals surface area contributed by atoms with Crippen molar-refractivity contribution in [3.05, 3.63) is 24.3 Å². The smallest absolute Gasteiger partial charge is 0.321 e. The van der Waals surface area contributed by atoms with Crippen LogP contribution in [-0.4, -0.2) is 50.7 Å². The van der Waals surface area contributed by atoms with Gasteiger partial charge in [0.1, 0.15) is 0 Å². The van der Waals surface area contributed by atoms with Crippen LogP contribution < -0.4 is 20.9 Å². The molecule has 1 aromatic rings. The molecule has 26 heavy (non-hydrogen) atoms. The van der Waals surface area contributed by atoms with Crippen LogP contribution in [0.5, 0.6) is 0 Å². The van der Waals surface area contributed by atoms with Crippen LogP contribution >= 0.6 is 0 Å². The number of carbonyl (C=O) groups excluding carboxylic acids is 2. The average molecular weight is 362 g/mol. The minimum atomic E-state index is -0.553. The Bertz CT molecular complexity index is 660. The van der Waals surface area contributed by atoms with Crippen LogP contribution in [0.2, 0.25) is 0 Å². The van der Waals surface area contributed by atoms with Crippen LogP contribution in [0.15, 0.2) is 24.3 Å². The molecule has 0 aromatic heterocycles. The number of anilines is 2. The van der Waals surface area contributed by atoms with Crippen molar-refractivity contribution < 1.29 is 19.1 Å². The van der Waals surface area contributed by atoms with Crippen LogP contribution in [-0.2, 0) is 9.47 Å². The summed E-state index contributed by atoms with van der Waals surface area (Å²) in [6, 6.07) is 6.84. The fraction of sp³-hybridized carbons (Fsp3) is 0.556. The molecule has 8 nitrogen and oxygen atoms in total. The predicted octanol–water partition coefficient (Wildman–Crippen LogP) is 2.13. The Morgan fingerprint density at radius 3 is 2.85 bits per heavy atom. The number of ether oxygens (including phenoxy) is 2. The molecule has 0 radical (unpaired) electrons. The predicted molar refractivity (Wildman–Crippen MR) is 98.3 cm³/mol. The number of hydrogen-bond donors (Lipinski definition) is 3. The van der Waals surface area contributed by atoms with Gasteiger partial charge < -0.3 is 25.4 Å². The van der Waals surface area contributed by atoms with E-state index in [0.717, 1.165) is 5.69 Å². The van der Waals surface area contributed by atoms with Gasteiger partial charge in [0.15, 0.2) is 5.79 Å². The fourth-order valence-corrected chi connectivity index (χ4v) is 3.29. The van der Waals surface area contributed by atoms with E-state index in [9.17, 15) is 9.59 Å². The first-order valence-corrected chi connectivity index (χ1v) is 8.93.